The Kier molecular flexibility index (Phi) is 12.6. The third-order valence-electron chi connectivity index (χ3n) is 8.65. The summed E-state index contributed by atoms with van der Waals surface area (Å²) >= 11 is 0. The Morgan fingerprint density at radius 1 is 0.957 bits per heavy atom. The number of benzene rings is 2. The van der Waals surface area contributed by atoms with Crippen LogP contribution in [-0.2, 0) is 28.7 Å². The molecule has 1 heterocycles. The summed E-state index contributed by atoms with van der Waals surface area (Å²) in [4.78, 5) is 12.9. The summed E-state index contributed by atoms with van der Waals surface area (Å²) in [6.07, 6.45) is 2.15. The molecule has 3 aromatic rings. The number of carbonyl (C=O) groups is 1. The molecule has 0 bridgehead atoms. The molecule has 13 heteroatoms. The van der Waals surface area contributed by atoms with Gasteiger partial charge in [0.1, 0.15) is 17.2 Å². The number of fused-ring (bicyclic) bond motifs is 1. The summed E-state index contributed by atoms with van der Waals surface area (Å²) in [5.41, 5.74) is 2.48. The predicted molar refractivity (Wildman–Crippen MR) is 185 cm³/mol. The van der Waals surface area contributed by atoms with Crippen molar-refractivity contribution in [3.8, 4) is 11.3 Å². The van der Waals surface area contributed by atoms with Crippen molar-refractivity contribution in [2.75, 3.05) is 63.8 Å². The molecule has 0 unspecified atom stereocenters. The van der Waals surface area contributed by atoms with Crippen LogP contribution < -0.4 is 10.0 Å². The number of hydrogen-bond acceptors (Lipinski definition) is 8. The van der Waals surface area contributed by atoms with E-state index in [0.29, 0.717) is 79.6 Å². The van der Waals surface area contributed by atoms with E-state index in [2.05, 4.69) is 43.9 Å². The molecule has 4 rings (SSSR count). The number of hydrogen-bond donors (Lipinski definition) is 2. The van der Waals surface area contributed by atoms with Crippen LogP contribution in [0.1, 0.15) is 61.9 Å². The fourth-order valence-electron chi connectivity index (χ4n) is 4.82. The molecule has 0 saturated heterocycles. The second kappa shape index (κ2) is 16.1. The van der Waals surface area contributed by atoms with Crippen LogP contribution in [0.3, 0.4) is 0 Å². The number of carbonyl (C=O) groups excluding carboxylic acids is 1. The van der Waals surface area contributed by atoms with Crippen molar-refractivity contribution in [1.82, 2.24) is 5.32 Å². The van der Waals surface area contributed by atoms with Gasteiger partial charge in [0.2, 0.25) is 10.0 Å². The largest absolute Gasteiger partial charge is 0.455 e. The van der Waals surface area contributed by atoms with Crippen molar-refractivity contribution < 1.29 is 40.7 Å². The van der Waals surface area contributed by atoms with Gasteiger partial charge in [0.25, 0.3) is 5.91 Å². The average molecular weight is 693 g/mol. The van der Waals surface area contributed by atoms with Crippen LogP contribution in [0.5, 0.6) is 0 Å². The van der Waals surface area contributed by atoms with Crippen LogP contribution in [0.25, 0.3) is 22.3 Å². The molecule has 0 radical (unpaired) electrons. The number of sulfonamides is 1. The summed E-state index contributed by atoms with van der Waals surface area (Å²) in [6, 6.07) is 9.16. The first-order chi connectivity index (χ1) is 22.2. The van der Waals surface area contributed by atoms with E-state index in [0.717, 1.165) is 18.4 Å². The first-order valence-electron chi connectivity index (χ1n) is 16.2. The highest BCUT2D eigenvalue weighted by molar-refractivity contribution is 7.92. The smallest absolute Gasteiger partial charge is 0.255 e. The maximum atomic E-state index is 13.6. The Morgan fingerprint density at radius 3 is 2.13 bits per heavy atom. The van der Waals surface area contributed by atoms with Gasteiger partial charge in [0.15, 0.2) is 8.32 Å². The first kappa shape index (κ1) is 37.0. The minimum absolute atomic E-state index is 0.122. The first-order valence-corrected chi connectivity index (χ1v) is 20.7. The highest BCUT2D eigenvalue weighted by Gasteiger charge is 2.37. The highest BCUT2D eigenvalue weighted by Crippen LogP contribution is 2.47. The fourth-order valence-corrected chi connectivity index (χ4v) is 6.96. The average Bonchev–Trinajstić information content (AvgIpc) is 3.78. The van der Waals surface area contributed by atoms with Crippen molar-refractivity contribution in [2.45, 2.75) is 64.1 Å². The van der Waals surface area contributed by atoms with Gasteiger partial charge in [-0.2, -0.15) is 0 Å². The summed E-state index contributed by atoms with van der Waals surface area (Å²) in [6.45, 7) is 14.1. The Bertz CT molecular complexity index is 1600. The second-order valence-electron chi connectivity index (χ2n) is 13.3. The molecule has 1 aliphatic carbocycles. The van der Waals surface area contributed by atoms with Crippen molar-refractivity contribution in [2.24, 2.45) is 0 Å². The monoisotopic (exact) mass is 692 g/mol. The lowest BCUT2D eigenvalue weighted by Gasteiger charge is -2.36. The van der Waals surface area contributed by atoms with Crippen LogP contribution in [-0.4, -0.2) is 81.7 Å². The van der Waals surface area contributed by atoms with E-state index >= 15 is 0 Å². The van der Waals surface area contributed by atoms with Gasteiger partial charge in [-0.3, -0.25) is 9.52 Å². The molecular weight excluding hydrogens is 644 g/mol. The fraction of sp³-hybridized carbons (Fsp3) is 0.559. The topological polar surface area (TPSA) is 125 Å². The second-order valence-corrected chi connectivity index (χ2v) is 20.0. The molecule has 260 valence electrons. The summed E-state index contributed by atoms with van der Waals surface area (Å²) in [7, 11) is -3.92. The van der Waals surface area contributed by atoms with Gasteiger partial charge in [-0.15, -0.1) is 0 Å². The van der Waals surface area contributed by atoms with E-state index in [4.69, 9.17) is 23.1 Å². The van der Waals surface area contributed by atoms with Crippen molar-refractivity contribution >= 4 is 40.9 Å². The van der Waals surface area contributed by atoms with Crippen molar-refractivity contribution in [1.29, 1.82) is 0 Å². The Balaban J connectivity index is 1.23. The third kappa shape index (κ3) is 10.3. The van der Waals surface area contributed by atoms with E-state index in [1.807, 2.05) is 6.07 Å². The van der Waals surface area contributed by atoms with Gasteiger partial charge in [-0.25, -0.2) is 12.8 Å². The molecule has 1 aliphatic rings. The molecule has 10 nitrogen and oxygen atoms in total. The van der Waals surface area contributed by atoms with Crippen molar-refractivity contribution in [3.63, 3.8) is 0 Å². The number of amides is 1. The molecule has 1 saturated carbocycles. The van der Waals surface area contributed by atoms with E-state index in [1.54, 1.807) is 18.2 Å². The van der Waals surface area contributed by atoms with Crippen LogP contribution in [0.4, 0.5) is 10.1 Å². The van der Waals surface area contributed by atoms with Gasteiger partial charge in [-0.1, -0.05) is 20.8 Å². The molecule has 2 N–H and O–H groups in total. The number of nitrogens with one attached hydrogen (secondary N) is 2. The molecular formula is C34H49FN2O8SSi. The van der Waals surface area contributed by atoms with Crippen LogP contribution in [0.2, 0.25) is 18.1 Å². The zero-order chi connectivity index (χ0) is 34.2. The Morgan fingerprint density at radius 2 is 1.55 bits per heavy atom. The molecule has 1 fully saturated rings. The van der Waals surface area contributed by atoms with Gasteiger partial charge >= 0.3 is 0 Å². The minimum atomic E-state index is -3.69. The third-order valence-corrected chi connectivity index (χ3v) is 14.5. The number of anilines is 1. The molecule has 1 amide bonds. The van der Waals surface area contributed by atoms with Crippen LogP contribution in [0.15, 0.2) is 40.8 Å². The molecule has 0 atom stereocenters. The lowest BCUT2D eigenvalue weighted by atomic mass is 10.0. The number of ether oxygens (including phenoxy) is 3. The summed E-state index contributed by atoms with van der Waals surface area (Å²) < 4.78 is 71.3. The maximum Gasteiger partial charge on any atom is 0.255 e. The standard InChI is InChI=1S/C34H49FN2O8SSi/c1-34(2,3)47(5,6)44-20-19-43-18-17-42-16-15-41-14-7-21-46(39,40)37-29-23-30-28(22-27(29)24-8-9-24)31(33(38)36-4)32(45-30)25-10-12-26(35)13-11-25/h10-13,22-24,37H,7-9,14-21H2,1-6H3,(H,36,38). The number of furan rings is 1. The van der Waals surface area contributed by atoms with Crippen LogP contribution >= 0.6 is 0 Å². The van der Waals surface area contributed by atoms with E-state index in [1.165, 1.54) is 19.2 Å². The Hall–Kier alpha value is -2.81. The van der Waals surface area contributed by atoms with Crippen molar-refractivity contribution in [3.05, 3.63) is 53.3 Å². The summed E-state index contributed by atoms with van der Waals surface area (Å²) in [5, 5.41) is 3.40. The SMILES string of the molecule is CNC(=O)c1c(-c2ccc(F)cc2)oc2cc(NS(=O)(=O)CCCOCCOCCOCCO[Si](C)(C)C(C)(C)C)c(C3CC3)cc12. The quantitative estimate of drug-likeness (QED) is 0.105. The lowest BCUT2D eigenvalue weighted by molar-refractivity contribution is 0.00871. The molecule has 47 heavy (non-hydrogen) atoms. The number of halogens is 1. The van der Waals surface area contributed by atoms with Gasteiger partial charge < -0.3 is 28.4 Å². The van der Waals surface area contributed by atoms with E-state index in [9.17, 15) is 17.6 Å². The molecule has 2 aromatic carbocycles. The minimum Gasteiger partial charge on any atom is -0.455 e. The molecule has 0 spiro atoms. The Labute approximate surface area is 278 Å². The van der Waals surface area contributed by atoms with Gasteiger partial charge in [-0.05, 0) is 79.2 Å². The highest BCUT2D eigenvalue weighted by atomic mass is 32.2. The molecule has 1 aromatic heterocycles. The van der Waals surface area contributed by atoms with Gasteiger partial charge in [0, 0.05) is 30.7 Å². The predicted octanol–water partition coefficient (Wildman–Crippen LogP) is 6.68. The van der Waals surface area contributed by atoms with E-state index in [-0.39, 0.29) is 29.2 Å². The normalized spacial score (nSPS) is 14.1. The summed E-state index contributed by atoms with van der Waals surface area (Å²) in [5.74, 6) is -0.398. The zero-order valence-corrected chi connectivity index (χ0v) is 30.2. The van der Waals surface area contributed by atoms with Crippen LogP contribution in [0, 0.1) is 5.82 Å². The lowest BCUT2D eigenvalue weighted by Crippen LogP contribution is -2.41. The van der Waals surface area contributed by atoms with E-state index < -0.39 is 24.2 Å². The molecule has 0 aliphatic heterocycles. The zero-order valence-electron chi connectivity index (χ0n) is 28.4. The van der Waals surface area contributed by atoms with Gasteiger partial charge in [0.05, 0.1) is 56.6 Å². The number of rotatable bonds is 19. The maximum absolute atomic E-state index is 13.6.